The predicted molar refractivity (Wildman–Crippen MR) is 110 cm³/mol. The molecule has 0 aliphatic heterocycles. The molecule has 0 aliphatic rings. The third kappa shape index (κ3) is 4.40. The van der Waals surface area contributed by atoms with Gasteiger partial charge in [0, 0.05) is 6.54 Å². The van der Waals surface area contributed by atoms with E-state index in [4.69, 9.17) is 4.74 Å². The topological polar surface area (TPSA) is 73.2 Å². The molecule has 0 fully saturated rings. The maximum atomic E-state index is 12.4. The number of allylic oxidation sites excluding steroid dienone is 1. The quantitative estimate of drug-likeness (QED) is 0.348. The number of ether oxygens (including phenoxy) is 1. The van der Waals surface area contributed by atoms with E-state index in [9.17, 15) is 9.59 Å². The first-order valence-electron chi connectivity index (χ1n) is 8.37. The molecule has 0 unspecified atom stereocenters. The van der Waals surface area contributed by atoms with Crippen molar-refractivity contribution in [3.05, 3.63) is 53.9 Å². The van der Waals surface area contributed by atoms with Crippen molar-refractivity contribution in [2.24, 2.45) is 0 Å². The first-order chi connectivity index (χ1) is 13.1. The van der Waals surface area contributed by atoms with E-state index in [1.54, 1.807) is 24.4 Å². The molecule has 0 spiro atoms. The number of para-hydroxylation sites is 2. The van der Waals surface area contributed by atoms with Crippen molar-refractivity contribution >= 4 is 51.0 Å². The van der Waals surface area contributed by atoms with Gasteiger partial charge in [-0.1, -0.05) is 30.0 Å². The number of fused-ring (bicyclic) bond motifs is 1. The number of thioether (sulfide) groups is 1. The molecule has 1 amide bonds. The van der Waals surface area contributed by atoms with Gasteiger partial charge in [-0.2, -0.15) is 0 Å². The Morgan fingerprint density at radius 1 is 1.37 bits per heavy atom. The summed E-state index contributed by atoms with van der Waals surface area (Å²) in [4.78, 5) is 28.9. The van der Waals surface area contributed by atoms with Crippen LogP contribution in [0.2, 0.25) is 0 Å². The Morgan fingerprint density at radius 2 is 2.19 bits per heavy atom. The molecule has 0 aliphatic carbocycles. The lowest BCUT2D eigenvalue weighted by molar-refractivity contribution is -0.113. The number of anilines is 1. The molecule has 0 bridgehead atoms. The molecule has 27 heavy (non-hydrogen) atoms. The molecule has 1 aromatic carbocycles. The number of carbonyl (C=O) groups excluding carboxylic acids is 2. The van der Waals surface area contributed by atoms with Gasteiger partial charge >= 0.3 is 5.97 Å². The van der Waals surface area contributed by atoms with Crippen molar-refractivity contribution in [1.82, 2.24) is 9.55 Å². The SMILES string of the molecule is C=CCn1c(SCC(=O)Nc2sccc2C(=O)OCC)nc2ccccc21. The van der Waals surface area contributed by atoms with Crippen molar-refractivity contribution in [3.8, 4) is 0 Å². The zero-order valence-corrected chi connectivity index (χ0v) is 16.4. The van der Waals surface area contributed by atoms with E-state index in [0.29, 0.717) is 17.1 Å². The van der Waals surface area contributed by atoms with Crippen LogP contribution in [0.4, 0.5) is 5.00 Å². The van der Waals surface area contributed by atoms with Crippen LogP contribution in [0, 0.1) is 0 Å². The summed E-state index contributed by atoms with van der Waals surface area (Å²) in [5.74, 6) is -0.458. The minimum Gasteiger partial charge on any atom is -0.462 e. The Bertz CT molecular complexity index is 978. The highest BCUT2D eigenvalue weighted by Crippen LogP contribution is 2.26. The zero-order chi connectivity index (χ0) is 19.2. The van der Waals surface area contributed by atoms with Gasteiger partial charge < -0.3 is 14.6 Å². The molecule has 3 aromatic rings. The van der Waals surface area contributed by atoms with Crippen LogP contribution >= 0.6 is 23.1 Å². The Morgan fingerprint density at radius 3 is 2.96 bits per heavy atom. The lowest BCUT2D eigenvalue weighted by Gasteiger charge is -2.07. The Hall–Kier alpha value is -2.58. The van der Waals surface area contributed by atoms with Gasteiger partial charge in [-0.05, 0) is 30.5 Å². The lowest BCUT2D eigenvalue weighted by Crippen LogP contribution is -2.16. The van der Waals surface area contributed by atoms with Crippen LogP contribution in [0.5, 0.6) is 0 Å². The number of amides is 1. The molecular weight excluding hydrogens is 382 g/mol. The number of esters is 1. The number of thiophene rings is 1. The van der Waals surface area contributed by atoms with Crippen LogP contribution in [0.25, 0.3) is 11.0 Å². The standard InChI is InChI=1S/C19H19N3O3S2/c1-3-10-22-15-8-6-5-7-14(15)20-19(22)27-12-16(23)21-17-13(9-11-26-17)18(24)25-4-2/h3,5-9,11H,1,4,10,12H2,2H3,(H,21,23). The molecule has 8 heteroatoms. The van der Waals surface area contributed by atoms with Gasteiger partial charge in [0.05, 0.1) is 29.0 Å². The van der Waals surface area contributed by atoms with E-state index >= 15 is 0 Å². The Kier molecular flexibility index (Phi) is 6.31. The molecule has 0 saturated heterocycles. The minimum absolute atomic E-state index is 0.181. The fourth-order valence-corrected chi connectivity index (χ4v) is 4.15. The number of hydrogen-bond acceptors (Lipinski definition) is 6. The summed E-state index contributed by atoms with van der Waals surface area (Å²) in [5.41, 5.74) is 2.26. The minimum atomic E-state index is -0.436. The zero-order valence-electron chi connectivity index (χ0n) is 14.8. The summed E-state index contributed by atoms with van der Waals surface area (Å²) in [6, 6.07) is 9.47. The summed E-state index contributed by atoms with van der Waals surface area (Å²) in [6.45, 7) is 6.44. The van der Waals surface area contributed by atoms with Crippen LogP contribution in [0.1, 0.15) is 17.3 Å². The Balaban J connectivity index is 1.69. The second-order valence-electron chi connectivity index (χ2n) is 5.50. The van der Waals surface area contributed by atoms with Crippen LogP contribution in [0.15, 0.2) is 53.5 Å². The average molecular weight is 402 g/mol. The van der Waals surface area contributed by atoms with Crippen molar-refractivity contribution < 1.29 is 14.3 Å². The largest absolute Gasteiger partial charge is 0.462 e. The van der Waals surface area contributed by atoms with Crippen molar-refractivity contribution in [1.29, 1.82) is 0 Å². The molecule has 1 N–H and O–H groups in total. The number of hydrogen-bond donors (Lipinski definition) is 1. The van der Waals surface area contributed by atoms with Crippen molar-refractivity contribution in [2.75, 3.05) is 17.7 Å². The summed E-state index contributed by atoms with van der Waals surface area (Å²) in [7, 11) is 0. The normalized spacial score (nSPS) is 10.7. The number of aromatic nitrogens is 2. The highest BCUT2D eigenvalue weighted by atomic mass is 32.2. The highest BCUT2D eigenvalue weighted by molar-refractivity contribution is 7.99. The van der Waals surface area contributed by atoms with E-state index in [1.165, 1.54) is 23.1 Å². The summed E-state index contributed by atoms with van der Waals surface area (Å²) in [5, 5.41) is 5.79. The third-order valence-electron chi connectivity index (χ3n) is 3.68. The first-order valence-corrected chi connectivity index (χ1v) is 10.2. The highest BCUT2D eigenvalue weighted by Gasteiger charge is 2.17. The molecule has 0 atom stereocenters. The molecule has 6 nitrogen and oxygen atoms in total. The van der Waals surface area contributed by atoms with Crippen molar-refractivity contribution in [2.45, 2.75) is 18.6 Å². The number of benzene rings is 1. The summed E-state index contributed by atoms with van der Waals surface area (Å²) in [6.07, 6.45) is 1.80. The number of imidazole rings is 1. The van der Waals surface area contributed by atoms with Crippen LogP contribution in [-0.2, 0) is 16.1 Å². The molecule has 2 aromatic heterocycles. The average Bonchev–Trinajstić information content (AvgIpc) is 3.25. The van der Waals surface area contributed by atoms with Gasteiger partial charge in [0.25, 0.3) is 0 Å². The second kappa shape index (κ2) is 8.88. The fourth-order valence-electron chi connectivity index (χ4n) is 2.54. The Labute approximate surface area is 165 Å². The van der Waals surface area contributed by atoms with E-state index in [-0.39, 0.29) is 18.3 Å². The molecule has 2 heterocycles. The van der Waals surface area contributed by atoms with Gasteiger partial charge in [-0.3, -0.25) is 4.79 Å². The summed E-state index contributed by atoms with van der Waals surface area (Å²) < 4.78 is 7.03. The van der Waals surface area contributed by atoms with Gasteiger partial charge in [-0.25, -0.2) is 9.78 Å². The molecule has 0 radical (unpaired) electrons. The lowest BCUT2D eigenvalue weighted by atomic mass is 10.3. The van der Waals surface area contributed by atoms with E-state index < -0.39 is 5.97 Å². The molecule has 140 valence electrons. The predicted octanol–water partition coefficient (Wildman–Crippen LogP) is 4.19. The monoisotopic (exact) mass is 401 g/mol. The second-order valence-corrected chi connectivity index (χ2v) is 7.36. The third-order valence-corrected chi connectivity index (χ3v) is 5.48. The molecule has 0 saturated carbocycles. The molecular formula is C19H19N3O3S2. The van der Waals surface area contributed by atoms with E-state index in [2.05, 4.69) is 16.9 Å². The number of nitrogens with zero attached hydrogens (tertiary/aromatic N) is 2. The van der Waals surface area contributed by atoms with Crippen LogP contribution in [0.3, 0.4) is 0 Å². The number of nitrogens with one attached hydrogen (secondary N) is 1. The summed E-state index contributed by atoms with van der Waals surface area (Å²) >= 11 is 2.64. The fraction of sp³-hybridized carbons (Fsp3) is 0.211. The van der Waals surface area contributed by atoms with E-state index in [1.807, 2.05) is 28.8 Å². The van der Waals surface area contributed by atoms with Gasteiger partial charge in [-0.15, -0.1) is 17.9 Å². The van der Waals surface area contributed by atoms with Gasteiger partial charge in [0.2, 0.25) is 5.91 Å². The maximum Gasteiger partial charge on any atom is 0.341 e. The number of carbonyl (C=O) groups is 2. The van der Waals surface area contributed by atoms with E-state index in [0.717, 1.165) is 16.2 Å². The van der Waals surface area contributed by atoms with Crippen LogP contribution in [-0.4, -0.2) is 33.8 Å². The van der Waals surface area contributed by atoms with Crippen LogP contribution < -0.4 is 5.32 Å². The number of rotatable bonds is 8. The van der Waals surface area contributed by atoms with Gasteiger partial charge in [0.1, 0.15) is 5.00 Å². The maximum absolute atomic E-state index is 12.4. The first kappa shape index (κ1) is 19.2. The van der Waals surface area contributed by atoms with Gasteiger partial charge in [0.15, 0.2) is 5.16 Å². The smallest absolute Gasteiger partial charge is 0.341 e. The molecule has 3 rings (SSSR count). The van der Waals surface area contributed by atoms with Crippen molar-refractivity contribution in [3.63, 3.8) is 0 Å².